The van der Waals surface area contributed by atoms with E-state index in [1.807, 2.05) is 0 Å². The summed E-state index contributed by atoms with van der Waals surface area (Å²) < 4.78 is 38.1. The van der Waals surface area contributed by atoms with E-state index in [-0.39, 0.29) is 11.8 Å². The summed E-state index contributed by atoms with van der Waals surface area (Å²) in [4.78, 5) is 15.1. The minimum absolute atomic E-state index is 0. The second kappa shape index (κ2) is 7.51. The van der Waals surface area contributed by atoms with Crippen LogP contribution in [0.25, 0.3) is 0 Å². The Labute approximate surface area is 102 Å². The van der Waals surface area contributed by atoms with E-state index in [9.17, 15) is 13.6 Å². The SMILES string of the molecule is COc1ccnc(C(=O)OC(OC)C(F)F)c1.[N]. The van der Waals surface area contributed by atoms with Crippen molar-refractivity contribution in [3.63, 3.8) is 0 Å². The largest absolute Gasteiger partial charge is 0.497 e. The van der Waals surface area contributed by atoms with Gasteiger partial charge < -0.3 is 14.2 Å². The number of carbonyl (C=O) groups excluding carboxylic acids is 1. The molecule has 0 spiro atoms. The first-order chi connectivity index (χ1) is 8.08. The number of halogens is 2. The molecule has 0 saturated carbocycles. The van der Waals surface area contributed by atoms with Gasteiger partial charge in [-0.25, -0.2) is 18.6 Å². The fourth-order valence-electron chi connectivity index (χ4n) is 1.02. The molecule has 1 heterocycles. The number of pyridine rings is 1. The topological polar surface area (TPSA) is 88.2 Å². The standard InChI is InChI=1S/C10H11F2NO4.N/c1-15-6-3-4-13-7(5-6)9(14)17-10(16-2)8(11)12;/h3-5,8,10H,1-2H3;. The van der Waals surface area contributed by atoms with Gasteiger partial charge in [0, 0.05) is 25.5 Å². The molecule has 0 bridgehead atoms. The van der Waals surface area contributed by atoms with Crippen LogP contribution < -0.4 is 10.9 Å². The van der Waals surface area contributed by atoms with Crippen LogP contribution in [-0.2, 0) is 9.47 Å². The number of alkyl halides is 2. The molecule has 0 aliphatic heterocycles. The van der Waals surface area contributed by atoms with Gasteiger partial charge in [0.1, 0.15) is 5.75 Å². The molecule has 1 aromatic rings. The summed E-state index contributed by atoms with van der Waals surface area (Å²) in [5, 5.41) is 0. The summed E-state index contributed by atoms with van der Waals surface area (Å²) in [6, 6.07) is 2.79. The van der Waals surface area contributed by atoms with Crippen molar-refractivity contribution < 1.29 is 27.8 Å². The highest BCUT2D eigenvalue weighted by atomic mass is 19.3. The van der Waals surface area contributed by atoms with E-state index in [1.165, 1.54) is 25.4 Å². The average Bonchev–Trinajstić information content (AvgIpc) is 2.35. The molecule has 0 N–H and O–H groups in total. The quantitative estimate of drug-likeness (QED) is 0.582. The maximum absolute atomic E-state index is 12.3. The lowest BCUT2D eigenvalue weighted by atomic mass is 10.3. The van der Waals surface area contributed by atoms with Gasteiger partial charge in [-0.2, -0.15) is 0 Å². The Hall–Kier alpha value is -1.80. The van der Waals surface area contributed by atoms with Crippen LogP contribution in [0, 0.1) is 0 Å². The highest BCUT2D eigenvalue weighted by Crippen LogP contribution is 2.13. The molecule has 1 atom stereocenters. The van der Waals surface area contributed by atoms with E-state index in [0.717, 1.165) is 7.11 Å². The number of rotatable bonds is 5. The summed E-state index contributed by atoms with van der Waals surface area (Å²) in [6.07, 6.45) is -3.52. The van der Waals surface area contributed by atoms with Gasteiger partial charge in [0.2, 0.25) is 0 Å². The molecule has 1 unspecified atom stereocenters. The molecule has 0 aliphatic carbocycles. The predicted octanol–water partition coefficient (Wildman–Crippen LogP) is 1.00. The van der Waals surface area contributed by atoms with Crippen molar-refractivity contribution in [2.24, 2.45) is 0 Å². The van der Waals surface area contributed by atoms with E-state index >= 15 is 0 Å². The fraction of sp³-hybridized carbons (Fsp3) is 0.400. The third-order valence-corrected chi connectivity index (χ3v) is 1.84. The number of carbonyl (C=O) groups is 1. The van der Waals surface area contributed by atoms with Crippen molar-refractivity contribution in [2.75, 3.05) is 14.2 Å². The third-order valence-electron chi connectivity index (χ3n) is 1.84. The summed E-state index contributed by atoms with van der Waals surface area (Å²) >= 11 is 0. The minimum Gasteiger partial charge on any atom is -0.497 e. The van der Waals surface area contributed by atoms with Gasteiger partial charge >= 0.3 is 5.97 Å². The maximum Gasteiger partial charge on any atom is 0.359 e. The summed E-state index contributed by atoms with van der Waals surface area (Å²) in [6.45, 7) is 0. The van der Waals surface area contributed by atoms with E-state index in [4.69, 9.17) is 4.74 Å². The highest BCUT2D eigenvalue weighted by Gasteiger charge is 2.25. The Kier molecular flexibility index (Phi) is 6.76. The Bertz CT molecular complexity index is 390. The molecule has 6 nitrogen and oxygen atoms in total. The van der Waals surface area contributed by atoms with Gasteiger partial charge in [-0.3, -0.25) is 0 Å². The predicted molar refractivity (Wildman–Crippen MR) is 55.1 cm³/mol. The third kappa shape index (κ3) is 4.22. The zero-order valence-corrected chi connectivity index (χ0v) is 9.67. The van der Waals surface area contributed by atoms with E-state index in [1.54, 1.807) is 0 Å². The van der Waals surface area contributed by atoms with E-state index < -0.39 is 18.7 Å². The molecule has 0 aromatic carbocycles. The molecule has 18 heavy (non-hydrogen) atoms. The van der Waals surface area contributed by atoms with E-state index in [0.29, 0.717) is 5.75 Å². The molecular formula is C10H11F2N2O4. The first-order valence-electron chi connectivity index (χ1n) is 4.60. The second-order valence-corrected chi connectivity index (χ2v) is 2.92. The van der Waals surface area contributed by atoms with E-state index in [2.05, 4.69) is 14.5 Å². The Morgan fingerprint density at radius 2 is 2.06 bits per heavy atom. The Morgan fingerprint density at radius 3 is 2.56 bits per heavy atom. The molecular weight excluding hydrogens is 250 g/mol. The number of aromatic nitrogens is 1. The number of esters is 1. The van der Waals surface area contributed by atoms with Crippen LogP contribution in [0.4, 0.5) is 8.78 Å². The molecule has 99 valence electrons. The van der Waals surface area contributed by atoms with Crippen LogP contribution in [-0.4, -0.2) is 37.9 Å². The van der Waals surface area contributed by atoms with Crippen molar-refractivity contribution >= 4 is 5.97 Å². The molecule has 0 saturated heterocycles. The zero-order chi connectivity index (χ0) is 12.8. The normalized spacial score (nSPS) is 11.6. The van der Waals surface area contributed by atoms with Crippen molar-refractivity contribution in [2.45, 2.75) is 12.7 Å². The van der Waals surface area contributed by atoms with Crippen molar-refractivity contribution in [3.8, 4) is 5.75 Å². The number of hydrogen-bond acceptors (Lipinski definition) is 5. The first-order valence-corrected chi connectivity index (χ1v) is 4.60. The van der Waals surface area contributed by atoms with Crippen LogP contribution in [0.1, 0.15) is 10.5 Å². The van der Waals surface area contributed by atoms with Crippen molar-refractivity contribution in [3.05, 3.63) is 24.0 Å². The summed E-state index contributed by atoms with van der Waals surface area (Å²) in [5.74, 6) is -0.631. The van der Waals surface area contributed by atoms with Gasteiger partial charge in [0.15, 0.2) is 5.69 Å². The molecule has 0 aliphatic rings. The highest BCUT2D eigenvalue weighted by molar-refractivity contribution is 5.87. The van der Waals surface area contributed by atoms with Gasteiger partial charge in [0.05, 0.1) is 7.11 Å². The van der Waals surface area contributed by atoms with Gasteiger partial charge in [-0.1, -0.05) is 0 Å². The lowest BCUT2D eigenvalue weighted by molar-refractivity contribution is -0.163. The molecule has 1 aromatic heterocycles. The molecule has 8 heteroatoms. The molecule has 0 amide bonds. The van der Waals surface area contributed by atoms with Crippen LogP contribution in [0.5, 0.6) is 5.75 Å². The lowest BCUT2D eigenvalue weighted by Crippen LogP contribution is -2.27. The number of nitrogens with zero attached hydrogens (tertiary/aromatic N) is 2. The number of hydrogen-bond donors (Lipinski definition) is 0. The minimum atomic E-state index is -2.92. The van der Waals surface area contributed by atoms with Crippen LogP contribution in [0.2, 0.25) is 0 Å². The first kappa shape index (κ1) is 16.2. The van der Waals surface area contributed by atoms with Crippen LogP contribution in [0.15, 0.2) is 18.3 Å². The summed E-state index contributed by atoms with van der Waals surface area (Å²) in [5.41, 5.74) is -0.132. The lowest BCUT2D eigenvalue weighted by Gasteiger charge is -2.14. The molecule has 1 rings (SSSR count). The second-order valence-electron chi connectivity index (χ2n) is 2.92. The Balaban J connectivity index is 0.00000289. The zero-order valence-electron chi connectivity index (χ0n) is 9.67. The van der Waals surface area contributed by atoms with Gasteiger partial charge in [0.25, 0.3) is 12.7 Å². The van der Waals surface area contributed by atoms with Crippen LogP contribution >= 0.6 is 0 Å². The van der Waals surface area contributed by atoms with Crippen LogP contribution in [0.3, 0.4) is 0 Å². The van der Waals surface area contributed by atoms with Crippen molar-refractivity contribution in [1.29, 1.82) is 0 Å². The molecule has 0 fully saturated rings. The van der Waals surface area contributed by atoms with Gasteiger partial charge in [-0.05, 0) is 6.07 Å². The fourth-order valence-corrected chi connectivity index (χ4v) is 1.02. The van der Waals surface area contributed by atoms with Gasteiger partial charge in [-0.15, -0.1) is 0 Å². The molecule has 3 radical (unpaired) electrons. The Morgan fingerprint density at radius 1 is 1.39 bits per heavy atom. The number of methoxy groups -OCH3 is 2. The smallest absolute Gasteiger partial charge is 0.359 e. The summed E-state index contributed by atoms with van der Waals surface area (Å²) in [7, 11) is 2.42. The van der Waals surface area contributed by atoms with Crippen molar-refractivity contribution in [1.82, 2.24) is 11.1 Å². The number of ether oxygens (including phenoxy) is 3. The average molecular weight is 261 g/mol. The monoisotopic (exact) mass is 261 g/mol. The maximum atomic E-state index is 12.3.